The van der Waals surface area contributed by atoms with Crippen LogP contribution in [0.4, 0.5) is 0 Å². The van der Waals surface area contributed by atoms with E-state index in [1.807, 2.05) is 0 Å². The molecule has 17 nitrogen and oxygen atoms in total. The van der Waals surface area contributed by atoms with E-state index in [2.05, 4.69) is 41.5 Å². The van der Waals surface area contributed by atoms with Crippen LogP contribution < -0.4 is 0 Å². The van der Waals surface area contributed by atoms with Gasteiger partial charge in [-0.15, -0.1) is 0 Å². The predicted molar refractivity (Wildman–Crippen MR) is 377 cm³/mol. The average molecular weight is 1370 g/mol. The fraction of sp³-hybridized carbons (Fsp3) is 0.946. The Labute approximate surface area is 568 Å². The molecule has 0 aliphatic rings. The third kappa shape index (κ3) is 65.8. The number of hydrogen-bond acceptors (Lipinski definition) is 15. The number of esters is 4. The van der Waals surface area contributed by atoms with Crippen LogP contribution >= 0.6 is 15.6 Å². The van der Waals surface area contributed by atoms with E-state index in [0.29, 0.717) is 25.7 Å². The fourth-order valence-corrected chi connectivity index (χ4v) is 12.8. The Morgan fingerprint density at radius 3 is 0.763 bits per heavy atom. The molecule has 552 valence electrons. The third-order valence-corrected chi connectivity index (χ3v) is 19.8. The van der Waals surface area contributed by atoms with Crippen molar-refractivity contribution < 1.29 is 80.2 Å². The monoisotopic (exact) mass is 1370 g/mol. The molecule has 0 saturated heterocycles. The first kappa shape index (κ1) is 91.1. The molecule has 0 radical (unpaired) electrons. The lowest BCUT2D eigenvalue weighted by molar-refractivity contribution is -0.161. The van der Waals surface area contributed by atoms with Gasteiger partial charge < -0.3 is 33.8 Å². The van der Waals surface area contributed by atoms with Crippen molar-refractivity contribution in [2.45, 2.75) is 400 Å². The lowest BCUT2D eigenvalue weighted by atomic mass is 9.99. The Kier molecular flexibility index (Phi) is 64.6. The number of aliphatic hydroxyl groups excluding tert-OH is 1. The lowest BCUT2D eigenvalue weighted by Crippen LogP contribution is -2.30. The van der Waals surface area contributed by atoms with Crippen LogP contribution in [0.25, 0.3) is 0 Å². The zero-order valence-corrected chi connectivity index (χ0v) is 62.3. The zero-order chi connectivity index (χ0) is 68.6. The first-order valence-corrected chi connectivity index (χ1v) is 41.6. The maximum absolute atomic E-state index is 13.1. The summed E-state index contributed by atoms with van der Waals surface area (Å²) in [6, 6.07) is 0. The molecule has 0 fully saturated rings. The molecule has 0 amide bonds. The molecular formula is C74H144O17P2. The van der Waals surface area contributed by atoms with Gasteiger partial charge in [-0.3, -0.25) is 37.3 Å². The van der Waals surface area contributed by atoms with E-state index < -0.39 is 97.5 Å². The summed E-state index contributed by atoms with van der Waals surface area (Å²) in [7, 11) is -9.91. The number of hydrogen-bond donors (Lipinski definition) is 3. The molecule has 0 aromatic rings. The zero-order valence-electron chi connectivity index (χ0n) is 60.6. The largest absolute Gasteiger partial charge is 0.472 e. The molecule has 0 aromatic heterocycles. The third-order valence-electron chi connectivity index (χ3n) is 17.9. The van der Waals surface area contributed by atoms with Gasteiger partial charge in [0.05, 0.1) is 26.4 Å². The Morgan fingerprint density at radius 1 is 0.301 bits per heavy atom. The lowest BCUT2D eigenvalue weighted by Gasteiger charge is -2.21. The van der Waals surface area contributed by atoms with Crippen molar-refractivity contribution in [1.82, 2.24) is 0 Å². The fourth-order valence-electron chi connectivity index (χ4n) is 11.2. The normalized spacial score (nSPS) is 14.6. The van der Waals surface area contributed by atoms with Gasteiger partial charge in [0.25, 0.3) is 0 Å². The number of carbonyl (C=O) groups excluding carboxylic acids is 4. The molecular weight excluding hydrogens is 1220 g/mol. The van der Waals surface area contributed by atoms with Crippen molar-refractivity contribution >= 4 is 39.5 Å². The number of phosphoric acid groups is 2. The van der Waals surface area contributed by atoms with E-state index >= 15 is 0 Å². The summed E-state index contributed by atoms with van der Waals surface area (Å²) < 4.78 is 68.5. The van der Waals surface area contributed by atoms with Gasteiger partial charge >= 0.3 is 39.5 Å². The molecule has 0 spiro atoms. The topological polar surface area (TPSA) is 237 Å². The highest BCUT2D eigenvalue weighted by Gasteiger charge is 2.30. The van der Waals surface area contributed by atoms with Crippen LogP contribution in [0, 0.1) is 11.8 Å². The van der Waals surface area contributed by atoms with E-state index in [1.54, 1.807) is 0 Å². The van der Waals surface area contributed by atoms with Gasteiger partial charge in [-0.25, -0.2) is 9.13 Å². The Bertz CT molecular complexity index is 1810. The number of ether oxygens (including phenoxy) is 4. The van der Waals surface area contributed by atoms with Crippen LogP contribution in [0.5, 0.6) is 0 Å². The highest BCUT2D eigenvalue weighted by Crippen LogP contribution is 2.45. The Balaban J connectivity index is 5.25. The minimum Gasteiger partial charge on any atom is -0.462 e. The average Bonchev–Trinajstić information content (AvgIpc) is 3.73. The van der Waals surface area contributed by atoms with E-state index in [0.717, 1.165) is 108 Å². The number of rotatable bonds is 73. The van der Waals surface area contributed by atoms with E-state index in [9.17, 15) is 43.2 Å². The van der Waals surface area contributed by atoms with Crippen LogP contribution in [0.2, 0.25) is 0 Å². The van der Waals surface area contributed by atoms with Crippen LogP contribution in [-0.4, -0.2) is 96.7 Å². The van der Waals surface area contributed by atoms with Crippen LogP contribution in [0.15, 0.2) is 0 Å². The quantitative estimate of drug-likeness (QED) is 0.0222. The summed E-state index contributed by atoms with van der Waals surface area (Å²) in [5.41, 5.74) is 0. The van der Waals surface area contributed by atoms with Crippen LogP contribution in [0.1, 0.15) is 382 Å². The maximum Gasteiger partial charge on any atom is 0.472 e. The van der Waals surface area contributed by atoms with E-state index in [1.165, 1.54) is 193 Å². The van der Waals surface area contributed by atoms with E-state index in [4.69, 9.17) is 37.0 Å². The number of phosphoric ester groups is 2. The molecule has 7 atom stereocenters. The molecule has 0 aromatic carbocycles. The highest BCUT2D eigenvalue weighted by molar-refractivity contribution is 7.47. The molecule has 3 N–H and O–H groups in total. The smallest absolute Gasteiger partial charge is 0.462 e. The highest BCUT2D eigenvalue weighted by atomic mass is 31.2. The molecule has 0 bridgehead atoms. The molecule has 0 aliphatic heterocycles. The minimum atomic E-state index is -4.96. The predicted octanol–water partition coefficient (Wildman–Crippen LogP) is 21.6. The van der Waals surface area contributed by atoms with Gasteiger partial charge in [-0.05, 0) is 37.5 Å². The Morgan fingerprint density at radius 2 is 0.516 bits per heavy atom. The summed E-state index contributed by atoms with van der Waals surface area (Å²) in [5, 5.41) is 10.6. The molecule has 93 heavy (non-hydrogen) atoms. The van der Waals surface area contributed by atoms with Gasteiger partial charge in [0.1, 0.15) is 19.3 Å². The molecule has 0 rings (SSSR count). The van der Waals surface area contributed by atoms with Crippen molar-refractivity contribution in [1.29, 1.82) is 0 Å². The number of aliphatic hydroxyl groups is 1. The van der Waals surface area contributed by atoms with Gasteiger partial charge in [0.2, 0.25) is 0 Å². The van der Waals surface area contributed by atoms with Crippen LogP contribution in [0.3, 0.4) is 0 Å². The second-order valence-electron chi connectivity index (χ2n) is 27.2. The van der Waals surface area contributed by atoms with Crippen molar-refractivity contribution in [2.24, 2.45) is 11.8 Å². The first-order valence-electron chi connectivity index (χ1n) is 38.6. The van der Waals surface area contributed by atoms with Crippen molar-refractivity contribution in [3.05, 3.63) is 0 Å². The van der Waals surface area contributed by atoms with Gasteiger partial charge in [-0.1, -0.05) is 330 Å². The summed E-state index contributed by atoms with van der Waals surface area (Å²) in [6.07, 6.45) is 52.6. The molecule has 4 unspecified atom stereocenters. The molecule has 0 heterocycles. The summed E-state index contributed by atoms with van der Waals surface area (Å²) in [6.45, 7) is 9.57. The molecule has 19 heteroatoms. The van der Waals surface area contributed by atoms with Gasteiger partial charge in [0.15, 0.2) is 12.2 Å². The molecule has 0 saturated carbocycles. The van der Waals surface area contributed by atoms with E-state index in [-0.39, 0.29) is 25.7 Å². The summed E-state index contributed by atoms with van der Waals surface area (Å²) >= 11 is 0. The summed E-state index contributed by atoms with van der Waals surface area (Å²) in [5.74, 6) is -0.577. The van der Waals surface area contributed by atoms with Crippen LogP contribution in [-0.2, 0) is 65.4 Å². The van der Waals surface area contributed by atoms with Gasteiger partial charge in [0, 0.05) is 25.7 Å². The summed E-state index contributed by atoms with van der Waals surface area (Å²) in [4.78, 5) is 72.7. The van der Waals surface area contributed by atoms with Crippen molar-refractivity contribution in [3.8, 4) is 0 Å². The van der Waals surface area contributed by atoms with Crippen molar-refractivity contribution in [2.75, 3.05) is 39.6 Å². The number of unbranched alkanes of at least 4 members (excludes halogenated alkanes) is 41. The Hall–Kier alpha value is -1.94. The van der Waals surface area contributed by atoms with Crippen molar-refractivity contribution in [3.63, 3.8) is 0 Å². The first-order chi connectivity index (χ1) is 44.9. The second kappa shape index (κ2) is 66.0. The van der Waals surface area contributed by atoms with Gasteiger partial charge in [-0.2, -0.15) is 0 Å². The molecule has 0 aliphatic carbocycles. The number of carbonyl (C=O) groups is 4. The SMILES string of the molecule is CCCCCCCCCCCCCCCCCCCC(=O)O[C@H](COC(=O)CCCCCCCCCCCCC(C)CC)COP(=O)(O)OC[C@@H](O)COP(=O)(O)OC[C@@H](COC(=O)CCCCCCCCC(C)CC)OC(=O)CCCCCCCCCCCCCC. The maximum atomic E-state index is 13.1. The second-order valence-corrected chi connectivity index (χ2v) is 30.1. The standard InChI is InChI=1S/C74H144O17P2/c1-7-11-13-15-17-19-21-23-24-25-26-27-29-35-39-47-53-59-74(79)90-69(62-84-71(76)56-50-44-37-33-31-30-32-36-42-48-54-66(5)9-3)64-88-92(80,81)86-60-68(75)61-87-93(82,83)89-65-70(63-85-72(77)57-51-45-41-40-43-49-55-67(6)10-4)91-73(78)58-52-46-38-34-28-22-20-18-16-14-12-8-2/h66-70,75H,7-65H2,1-6H3,(H,80,81)(H,82,83)/t66?,67?,68-,69-,70-/m1/s1. The minimum absolute atomic E-state index is 0.106.